The van der Waals surface area contributed by atoms with Crippen LogP contribution in [0.2, 0.25) is 0 Å². The quantitative estimate of drug-likeness (QED) is 0.769. The van der Waals surface area contributed by atoms with Gasteiger partial charge in [0.1, 0.15) is 0 Å². The number of hydrogen-bond donors (Lipinski definition) is 2. The molecule has 2 aromatic heterocycles. The van der Waals surface area contributed by atoms with Crippen molar-refractivity contribution in [1.82, 2.24) is 15.0 Å². The molecule has 0 aliphatic rings. The topological polar surface area (TPSA) is 70.7 Å². The molecule has 0 unspecified atom stereocenters. The molecule has 96 valence electrons. The maximum Gasteiger partial charge on any atom is 0.230 e. The number of imidazole rings is 1. The molecular formula is C13H12N4OS. The second kappa shape index (κ2) is 4.81. The van der Waals surface area contributed by atoms with Gasteiger partial charge < -0.3 is 10.3 Å². The predicted molar refractivity (Wildman–Crippen MR) is 75.3 cm³/mol. The van der Waals surface area contributed by atoms with Crippen molar-refractivity contribution >= 4 is 33.4 Å². The van der Waals surface area contributed by atoms with Gasteiger partial charge in [0, 0.05) is 5.38 Å². The van der Waals surface area contributed by atoms with E-state index in [2.05, 4.69) is 20.3 Å². The van der Waals surface area contributed by atoms with Gasteiger partial charge in [-0.2, -0.15) is 0 Å². The van der Waals surface area contributed by atoms with Crippen molar-refractivity contribution in [2.24, 2.45) is 0 Å². The van der Waals surface area contributed by atoms with Gasteiger partial charge in [0.05, 0.1) is 29.5 Å². The van der Waals surface area contributed by atoms with Crippen LogP contribution in [0.4, 0.5) is 5.13 Å². The molecule has 0 fully saturated rings. The van der Waals surface area contributed by atoms with Crippen LogP contribution in [0.1, 0.15) is 11.3 Å². The zero-order valence-electron chi connectivity index (χ0n) is 10.3. The van der Waals surface area contributed by atoms with E-state index in [1.807, 2.05) is 30.5 Å². The summed E-state index contributed by atoms with van der Waals surface area (Å²) in [6.45, 7) is 1.90. The molecule has 0 spiro atoms. The lowest BCUT2D eigenvalue weighted by Gasteiger charge is -2.02. The maximum atomic E-state index is 11.9. The van der Waals surface area contributed by atoms with Gasteiger partial charge in [-0.05, 0) is 24.6 Å². The van der Waals surface area contributed by atoms with E-state index in [4.69, 9.17) is 0 Å². The fraction of sp³-hybridized carbons (Fsp3) is 0.154. The zero-order chi connectivity index (χ0) is 13.2. The highest BCUT2D eigenvalue weighted by molar-refractivity contribution is 7.13. The second-order valence-electron chi connectivity index (χ2n) is 4.27. The number of carbonyl (C=O) groups excluding carboxylic acids is 1. The van der Waals surface area contributed by atoms with Gasteiger partial charge in [-0.15, -0.1) is 11.3 Å². The Morgan fingerprint density at radius 3 is 3.16 bits per heavy atom. The van der Waals surface area contributed by atoms with Gasteiger partial charge in [0.2, 0.25) is 5.91 Å². The first kappa shape index (κ1) is 11.9. The third-order valence-corrected chi connectivity index (χ3v) is 3.59. The van der Waals surface area contributed by atoms with Crippen molar-refractivity contribution in [1.29, 1.82) is 0 Å². The first-order valence-electron chi connectivity index (χ1n) is 5.85. The third kappa shape index (κ3) is 2.63. The fourth-order valence-electron chi connectivity index (χ4n) is 1.85. The Balaban J connectivity index is 1.71. The minimum absolute atomic E-state index is 0.0618. The fourth-order valence-corrected chi connectivity index (χ4v) is 2.56. The van der Waals surface area contributed by atoms with Crippen LogP contribution < -0.4 is 5.32 Å². The number of aromatic nitrogens is 3. The van der Waals surface area contributed by atoms with Gasteiger partial charge in [0.25, 0.3) is 0 Å². The highest BCUT2D eigenvalue weighted by Crippen LogP contribution is 2.16. The Bertz CT molecular complexity index is 731. The van der Waals surface area contributed by atoms with E-state index in [0.29, 0.717) is 11.6 Å². The Labute approximate surface area is 113 Å². The van der Waals surface area contributed by atoms with E-state index in [9.17, 15) is 4.79 Å². The van der Waals surface area contributed by atoms with Gasteiger partial charge in [-0.1, -0.05) is 6.07 Å². The minimum Gasteiger partial charge on any atom is -0.345 e. The normalized spacial score (nSPS) is 10.8. The molecule has 0 atom stereocenters. The van der Waals surface area contributed by atoms with E-state index in [0.717, 1.165) is 22.3 Å². The number of aryl methyl sites for hydroxylation is 1. The molecule has 0 aliphatic carbocycles. The number of hydrogen-bond acceptors (Lipinski definition) is 4. The Hall–Kier alpha value is -2.21. The number of nitrogens with one attached hydrogen (secondary N) is 2. The summed E-state index contributed by atoms with van der Waals surface area (Å²) in [5, 5.41) is 5.35. The van der Waals surface area contributed by atoms with Crippen LogP contribution in [0.5, 0.6) is 0 Å². The number of H-pyrrole nitrogens is 1. The number of nitrogens with zero attached hydrogens (tertiary/aromatic N) is 2. The summed E-state index contributed by atoms with van der Waals surface area (Å²) in [7, 11) is 0. The van der Waals surface area contributed by atoms with E-state index in [-0.39, 0.29) is 5.91 Å². The summed E-state index contributed by atoms with van der Waals surface area (Å²) < 4.78 is 0. The summed E-state index contributed by atoms with van der Waals surface area (Å²) in [4.78, 5) is 23.3. The number of carbonyl (C=O) groups is 1. The lowest BCUT2D eigenvalue weighted by atomic mass is 10.1. The number of aromatic amines is 1. The molecule has 0 radical (unpaired) electrons. The van der Waals surface area contributed by atoms with Crippen LogP contribution in [0.15, 0.2) is 29.9 Å². The summed E-state index contributed by atoms with van der Waals surface area (Å²) in [6.07, 6.45) is 1.97. The smallest absolute Gasteiger partial charge is 0.230 e. The van der Waals surface area contributed by atoms with E-state index >= 15 is 0 Å². The van der Waals surface area contributed by atoms with Gasteiger partial charge in [-0.3, -0.25) is 4.79 Å². The SMILES string of the molecule is Cc1csc(NC(=O)Cc2ccc3nc[nH]c3c2)n1. The predicted octanol–water partition coefficient (Wildman–Crippen LogP) is 2.51. The highest BCUT2D eigenvalue weighted by Gasteiger charge is 2.07. The summed E-state index contributed by atoms with van der Waals surface area (Å²) in [5.74, 6) is -0.0618. The number of amides is 1. The van der Waals surface area contributed by atoms with Crippen molar-refractivity contribution in [2.75, 3.05) is 5.32 Å². The van der Waals surface area contributed by atoms with Crippen LogP contribution in [-0.4, -0.2) is 20.9 Å². The minimum atomic E-state index is -0.0618. The number of benzene rings is 1. The van der Waals surface area contributed by atoms with Crippen LogP contribution in [0, 0.1) is 6.92 Å². The average Bonchev–Trinajstić information content (AvgIpc) is 2.97. The molecule has 0 saturated carbocycles. The summed E-state index contributed by atoms with van der Waals surface area (Å²) >= 11 is 1.43. The monoisotopic (exact) mass is 272 g/mol. The number of fused-ring (bicyclic) bond motifs is 1. The van der Waals surface area contributed by atoms with E-state index in [1.165, 1.54) is 11.3 Å². The number of anilines is 1. The Morgan fingerprint density at radius 2 is 2.37 bits per heavy atom. The standard InChI is InChI=1S/C13H12N4OS/c1-8-6-19-13(16-8)17-12(18)5-9-2-3-10-11(4-9)15-7-14-10/h2-4,6-7H,5H2,1H3,(H,14,15)(H,16,17,18). The first-order chi connectivity index (χ1) is 9.20. The van der Waals surface area contributed by atoms with Gasteiger partial charge >= 0.3 is 0 Å². The molecule has 0 aliphatic heterocycles. The molecule has 3 aromatic rings. The van der Waals surface area contributed by atoms with Crippen molar-refractivity contribution in [3.8, 4) is 0 Å². The number of thiazole rings is 1. The van der Waals surface area contributed by atoms with Gasteiger partial charge in [0.15, 0.2) is 5.13 Å². The largest absolute Gasteiger partial charge is 0.345 e. The second-order valence-corrected chi connectivity index (χ2v) is 5.13. The third-order valence-electron chi connectivity index (χ3n) is 2.71. The van der Waals surface area contributed by atoms with Crippen molar-refractivity contribution in [3.05, 3.63) is 41.2 Å². The molecule has 19 heavy (non-hydrogen) atoms. The zero-order valence-corrected chi connectivity index (χ0v) is 11.1. The number of rotatable bonds is 3. The lowest BCUT2D eigenvalue weighted by Crippen LogP contribution is -2.14. The summed E-state index contributed by atoms with van der Waals surface area (Å²) in [5.41, 5.74) is 3.71. The van der Waals surface area contributed by atoms with Crippen LogP contribution >= 0.6 is 11.3 Å². The average molecular weight is 272 g/mol. The molecule has 5 nitrogen and oxygen atoms in total. The Morgan fingerprint density at radius 1 is 1.47 bits per heavy atom. The molecule has 6 heteroatoms. The first-order valence-corrected chi connectivity index (χ1v) is 6.73. The molecule has 0 bridgehead atoms. The van der Waals surface area contributed by atoms with Crippen molar-refractivity contribution in [2.45, 2.75) is 13.3 Å². The molecule has 1 aromatic carbocycles. The highest BCUT2D eigenvalue weighted by atomic mass is 32.1. The molecule has 0 saturated heterocycles. The maximum absolute atomic E-state index is 11.9. The van der Waals surface area contributed by atoms with Gasteiger partial charge in [-0.25, -0.2) is 9.97 Å². The lowest BCUT2D eigenvalue weighted by molar-refractivity contribution is -0.115. The van der Waals surface area contributed by atoms with E-state index < -0.39 is 0 Å². The molecule has 2 N–H and O–H groups in total. The van der Waals surface area contributed by atoms with Crippen molar-refractivity contribution < 1.29 is 4.79 Å². The van der Waals surface area contributed by atoms with Crippen LogP contribution in [0.3, 0.4) is 0 Å². The van der Waals surface area contributed by atoms with Crippen molar-refractivity contribution in [3.63, 3.8) is 0 Å². The van der Waals surface area contributed by atoms with E-state index in [1.54, 1.807) is 6.33 Å². The Kier molecular flexibility index (Phi) is 3.00. The molecule has 3 rings (SSSR count). The molecule has 2 heterocycles. The summed E-state index contributed by atoms with van der Waals surface area (Å²) in [6, 6.07) is 5.76. The molecular weight excluding hydrogens is 260 g/mol. The molecule has 1 amide bonds. The van der Waals surface area contributed by atoms with Crippen LogP contribution in [0.25, 0.3) is 11.0 Å². The van der Waals surface area contributed by atoms with Crippen LogP contribution in [-0.2, 0) is 11.2 Å².